The van der Waals surface area contributed by atoms with Crippen LogP contribution in [0.3, 0.4) is 0 Å². The number of rotatable bonds is 7. The molecule has 1 aromatic carbocycles. The van der Waals surface area contributed by atoms with Crippen LogP contribution in [0.1, 0.15) is 55.8 Å². The molecule has 2 aromatic rings. The molecule has 0 saturated carbocycles. The minimum Gasteiger partial charge on any atom is -0.472 e. The fourth-order valence-electron chi connectivity index (χ4n) is 2.37. The van der Waals surface area contributed by atoms with Crippen molar-refractivity contribution in [2.24, 2.45) is 0 Å². The molecule has 1 aromatic heterocycles. The van der Waals surface area contributed by atoms with Gasteiger partial charge in [-0.25, -0.2) is 0 Å². The van der Waals surface area contributed by atoms with Gasteiger partial charge in [-0.15, -0.1) is 0 Å². The molecule has 1 atom stereocenters. The minimum atomic E-state index is 0.332. The molecule has 108 valence electrons. The molecule has 0 bridgehead atoms. The minimum absolute atomic E-state index is 0.332. The quantitative estimate of drug-likeness (QED) is 0.790. The summed E-state index contributed by atoms with van der Waals surface area (Å²) in [6, 6.07) is 11.4. The van der Waals surface area contributed by atoms with Gasteiger partial charge in [0.05, 0.1) is 12.5 Å². The Morgan fingerprint density at radius 2 is 1.80 bits per heavy atom. The molecule has 0 radical (unpaired) electrons. The Hall–Kier alpha value is -1.54. The molecule has 0 aliphatic heterocycles. The highest BCUT2D eigenvalue weighted by Gasteiger charge is 2.12. The fourth-order valence-corrected chi connectivity index (χ4v) is 2.37. The zero-order valence-corrected chi connectivity index (χ0v) is 12.7. The Kier molecular flexibility index (Phi) is 5.42. The predicted molar refractivity (Wildman–Crippen MR) is 84.0 cm³/mol. The average molecular weight is 271 g/mol. The van der Waals surface area contributed by atoms with Gasteiger partial charge in [0.2, 0.25) is 0 Å². The lowest BCUT2D eigenvalue weighted by atomic mass is 9.97. The van der Waals surface area contributed by atoms with Gasteiger partial charge < -0.3 is 9.73 Å². The normalized spacial score (nSPS) is 12.8. The third-order valence-corrected chi connectivity index (χ3v) is 3.67. The lowest BCUT2D eigenvalue weighted by Gasteiger charge is -2.17. The smallest absolute Gasteiger partial charge is 0.0950 e. The summed E-state index contributed by atoms with van der Waals surface area (Å²) in [6.45, 7) is 7.68. The Balaban J connectivity index is 2.07. The van der Waals surface area contributed by atoms with Crippen molar-refractivity contribution in [2.75, 3.05) is 6.54 Å². The Bertz CT molecular complexity index is 485. The summed E-state index contributed by atoms with van der Waals surface area (Å²) in [5, 5.41) is 3.60. The zero-order valence-electron chi connectivity index (χ0n) is 12.7. The van der Waals surface area contributed by atoms with Gasteiger partial charge in [-0.1, -0.05) is 45.0 Å². The van der Waals surface area contributed by atoms with Gasteiger partial charge in [-0.2, -0.15) is 0 Å². The third-order valence-electron chi connectivity index (χ3n) is 3.67. The summed E-state index contributed by atoms with van der Waals surface area (Å²) in [7, 11) is 0. The molecule has 1 heterocycles. The van der Waals surface area contributed by atoms with Crippen LogP contribution in [0.5, 0.6) is 0 Å². The Labute approximate surface area is 122 Å². The van der Waals surface area contributed by atoms with Crippen LogP contribution in [0.25, 0.3) is 0 Å². The molecule has 0 aliphatic carbocycles. The van der Waals surface area contributed by atoms with E-state index in [4.69, 9.17) is 4.42 Å². The number of nitrogens with one attached hydrogen (secondary N) is 1. The average Bonchev–Trinajstić information content (AvgIpc) is 2.98. The Morgan fingerprint density at radius 1 is 1.05 bits per heavy atom. The number of hydrogen-bond acceptors (Lipinski definition) is 2. The van der Waals surface area contributed by atoms with Crippen molar-refractivity contribution < 1.29 is 4.42 Å². The van der Waals surface area contributed by atoms with Crippen LogP contribution in [0.15, 0.2) is 47.3 Å². The monoisotopic (exact) mass is 271 g/mol. The van der Waals surface area contributed by atoms with Crippen molar-refractivity contribution in [3.05, 3.63) is 59.5 Å². The molecule has 1 N–H and O–H groups in total. The van der Waals surface area contributed by atoms with E-state index in [2.05, 4.69) is 56.4 Å². The maximum absolute atomic E-state index is 5.22. The molecule has 0 saturated heterocycles. The highest BCUT2D eigenvalue weighted by molar-refractivity contribution is 5.26. The zero-order chi connectivity index (χ0) is 14.4. The molecule has 0 fully saturated rings. The highest BCUT2D eigenvalue weighted by atomic mass is 16.3. The van der Waals surface area contributed by atoms with Gasteiger partial charge in [-0.3, -0.25) is 0 Å². The van der Waals surface area contributed by atoms with E-state index in [1.807, 2.05) is 6.26 Å². The van der Waals surface area contributed by atoms with Crippen molar-refractivity contribution in [3.63, 3.8) is 0 Å². The molecule has 2 heteroatoms. The van der Waals surface area contributed by atoms with E-state index >= 15 is 0 Å². The first-order valence-electron chi connectivity index (χ1n) is 7.55. The number of hydrogen-bond donors (Lipinski definition) is 1. The summed E-state index contributed by atoms with van der Waals surface area (Å²) >= 11 is 0. The number of benzene rings is 1. The summed E-state index contributed by atoms with van der Waals surface area (Å²) in [5.74, 6) is 0.590. The highest BCUT2D eigenvalue weighted by Crippen LogP contribution is 2.21. The second-order valence-electron chi connectivity index (χ2n) is 5.66. The second-order valence-corrected chi connectivity index (χ2v) is 5.66. The summed E-state index contributed by atoms with van der Waals surface area (Å²) in [4.78, 5) is 0. The first-order valence-corrected chi connectivity index (χ1v) is 7.55. The first-order chi connectivity index (χ1) is 9.70. The van der Waals surface area contributed by atoms with Gasteiger partial charge in [0.25, 0.3) is 0 Å². The van der Waals surface area contributed by atoms with E-state index in [0.717, 1.165) is 19.4 Å². The largest absolute Gasteiger partial charge is 0.472 e. The summed E-state index contributed by atoms with van der Waals surface area (Å²) < 4.78 is 5.22. The topological polar surface area (TPSA) is 25.2 Å². The summed E-state index contributed by atoms with van der Waals surface area (Å²) in [6.07, 6.45) is 5.73. The van der Waals surface area contributed by atoms with E-state index in [9.17, 15) is 0 Å². The first kappa shape index (κ1) is 14.9. The van der Waals surface area contributed by atoms with Gasteiger partial charge in [-0.05, 0) is 42.5 Å². The maximum atomic E-state index is 5.22. The Morgan fingerprint density at radius 3 is 2.35 bits per heavy atom. The lowest BCUT2D eigenvalue weighted by Crippen LogP contribution is -2.23. The molecule has 20 heavy (non-hydrogen) atoms. The molecular formula is C18H25NO. The molecular weight excluding hydrogens is 246 g/mol. The van der Waals surface area contributed by atoms with Gasteiger partial charge in [0.15, 0.2) is 0 Å². The third kappa shape index (κ3) is 3.97. The second kappa shape index (κ2) is 7.30. The van der Waals surface area contributed by atoms with Gasteiger partial charge in [0.1, 0.15) is 0 Å². The van der Waals surface area contributed by atoms with Crippen molar-refractivity contribution in [1.29, 1.82) is 0 Å². The SMILES string of the molecule is CCCNC(Cc1ccc(C(C)C)cc1)c1ccoc1. The lowest BCUT2D eigenvalue weighted by molar-refractivity contribution is 0.512. The van der Waals surface area contributed by atoms with Crippen LogP contribution in [-0.4, -0.2) is 6.54 Å². The molecule has 2 rings (SSSR count). The summed E-state index contributed by atoms with van der Waals surface area (Å²) in [5.41, 5.74) is 3.99. The molecule has 0 spiro atoms. The fraction of sp³-hybridized carbons (Fsp3) is 0.444. The van der Waals surface area contributed by atoms with Crippen LogP contribution in [0.4, 0.5) is 0 Å². The van der Waals surface area contributed by atoms with Gasteiger partial charge >= 0.3 is 0 Å². The van der Waals surface area contributed by atoms with Gasteiger partial charge in [0, 0.05) is 11.6 Å². The van der Waals surface area contributed by atoms with E-state index in [1.165, 1.54) is 16.7 Å². The van der Waals surface area contributed by atoms with Crippen LogP contribution >= 0.6 is 0 Å². The van der Waals surface area contributed by atoms with Crippen molar-refractivity contribution in [1.82, 2.24) is 5.32 Å². The molecule has 2 nitrogen and oxygen atoms in total. The predicted octanol–water partition coefficient (Wildman–Crippen LogP) is 4.69. The van der Waals surface area contributed by atoms with E-state index in [-0.39, 0.29) is 0 Å². The molecule has 0 aliphatic rings. The van der Waals surface area contributed by atoms with Crippen molar-refractivity contribution >= 4 is 0 Å². The van der Waals surface area contributed by atoms with E-state index in [0.29, 0.717) is 12.0 Å². The molecule has 1 unspecified atom stereocenters. The van der Waals surface area contributed by atoms with Crippen LogP contribution in [0.2, 0.25) is 0 Å². The van der Waals surface area contributed by atoms with Crippen molar-refractivity contribution in [2.45, 2.75) is 45.6 Å². The van der Waals surface area contributed by atoms with E-state index < -0.39 is 0 Å². The van der Waals surface area contributed by atoms with Crippen LogP contribution < -0.4 is 5.32 Å². The van der Waals surface area contributed by atoms with Crippen LogP contribution in [-0.2, 0) is 6.42 Å². The van der Waals surface area contributed by atoms with Crippen molar-refractivity contribution in [3.8, 4) is 0 Å². The standard InChI is InChI=1S/C18H25NO/c1-4-10-19-18(17-9-11-20-13-17)12-15-5-7-16(8-6-15)14(2)3/h5-9,11,13-14,18-19H,4,10,12H2,1-3H3. The van der Waals surface area contributed by atoms with E-state index in [1.54, 1.807) is 6.26 Å². The molecule has 0 amide bonds. The number of furan rings is 1. The van der Waals surface area contributed by atoms with Crippen LogP contribution in [0, 0.1) is 0 Å². The maximum Gasteiger partial charge on any atom is 0.0950 e.